The van der Waals surface area contributed by atoms with Gasteiger partial charge in [0.2, 0.25) is 0 Å². The summed E-state index contributed by atoms with van der Waals surface area (Å²) in [7, 11) is 1.74. The molecule has 0 spiro atoms. The number of rotatable bonds is 8. The highest BCUT2D eigenvalue weighted by Gasteiger charge is 2.24. The molecule has 2 fully saturated rings. The molecule has 3 nitrogen and oxygen atoms in total. The van der Waals surface area contributed by atoms with Crippen molar-refractivity contribution in [1.29, 1.82) is 0 Å². The Morgan fingerprint density at radius 3 is 2.25 bits per heavy atom. The molecule has 1 heterocycles. The van der Waals surface area contributed by atoms with Gasteiger partial charge in [0.1, 0.15) is 5.75 Å². The minimum Gasteiger partial charge on any atom is -0.497 e. The zero-order chi connectivity index (χ0) is 19.1. The first-order chi connectivity index (χ1) is 13.2. The Morgan fingerprint density at radius 2 is 1.64 bits per heavy atom. The third-order valence-electron chi connectivity index (χ3n) is 6.83. The van der Waals surface area contributed by atoms with Crippen molar-refractivity contribution in [1.82, 2.24) is 4.90 Å². The van der Waals surface area contributed by atoms with Gasteiger partial charge in [0.15, 0.2) is 0 Å². The highest BCUT2D eigenvalue weighted by Crippen LogP contribution is 2.33. The number of likely N-dealkylation sites (tertiary alicyclic amines) is 1. The number of hydrogen-bond acceptors (Lipinski definition) is 3. The van der Waals surface area contributed by atoms with Gasteiger partial charge < -0.3 is 14.7 Å². The number of aliphatic hydroxyl groups is 1. The van der Waals surface area contributed by atoms with Crippen molar-refractivity contribution in [3.05, 3.63) is 28.2 Å². The lowest BCUT2D eigenvalue weighted by molar-refractivity contribution is 0.155. The van der Waals surface area contributed by atoms with Crippen LogP contribution in [0.3, 0.4) is 0 Å². The highest BCUT2D eigenvalue weighted by atomic mass is 79.9. The largest absolute Gasteiger partial charge is 0.497 e. The molecule has 5 heteroatoms. The van der Waals surface area contributed by atoms with Gasteiger partial charge in [0.25, 0.3) is 0 Å². The van der Waals surface area contributed by atoms with Crippen LogP contribution in [0.25, 0.3) is 0 Å². The molecule has 1 N–H and O–H groups in total. The molecule has 0 amide bonds. The molecule has 1 aliphatic carbocycles. The summed E-state index contributed by atoms with van der Waals surface area (Å²) in [6, 6.07) is 6.32. The van der Waals surface area contributed by atoms with E-state index < -0.39 is 0 Å². The van der Waals surface area contributed by atoms with Gasteiger partial charge in [-0.3, -0.25) is 0 Å². The van der Waals surface area contributed by atoms with Crippen LogP contribution < -0.4 is 4.74 Å². The maximum Gasteiger partial charge on any atom is 0.119 e. The molecular weight excluding hydrogens is 438 g/mol. The smallest absolute Gasteiger partial charge is 0.119 e. The van der Waals surface area contributed by atoms with Gasteiger partial charge in [-0.05, 0) is 93.3 Å². The summed E-state index contributed by atoms with van der Waals surface area (Å²) in [5.41, 5.74) is 1.38. The van der Waals surface area contributed by atoms with Gasteiger partial charge in [-0.15, -0.1) is 12.4 Å². The molecule has 0 aromatic heterocycles. The minimum atomic E-state index is 0. The number of piperidine rings is 1. The van der Waals surface area contributed by atoms with E-state index in [1.54, 1.807) is 7.11 Å². The second kappa shape index (κ2) is 12.4. The Morgan fingerprint density at radius 1 is 1.00 bits per heavy atom. The zero-order valence-electron chi connectivity index (χ0n) is 17.2. The average molecular weight is 475 g/mol. The van der Waals surface area contributed by atoms with Crippen molar-refractivity contribution in [2.24, 2.45) is 17.8 Å². The summed E-state index contributed by atoms with van der Waals surface area (Å²) in [6.45, 7) is 4.17. The Kier molecular flexibility index (Phi) is 10.6. The molecule has 1 aliphatic heterocycles. The number of nitrogens with zero attached hydrogens (tertiary/aromatic N) is 1. The van der Waals surface area contributed by atoms with Crippen molar-refractivity contribution < 1.29 is 9.84 Å². The predicted octanol–water partition coefficient (Wildman–Crippen LogP) is 5.71. The van der Waals surface area contributed by atoms with Crippen molar-refractivity contribution in [3.63, 3.8) is 0 Å². The Labute approximate surface area is 185 Å². The number of benzene rings is 1. The average Bonchev–Trinajstić information content (AvgIpc) is 2.70. The lowest BCUT2D eigenvalue weighted by Crippen LogP contribution is -2.36. The lowest BCUT2D eigenvalue weighted by Gasteiger charge is -2.34. The Balaban J connectivity index is 0.00000280. The molecule has 1 aromatic carbocycles. The molecule has 3 rings (SSSR count). The van der Waals surface area contributed by atoms with E-state index in [1.165, 1.54) is 74.6 Å². The summed E-state index contributed by atoms with van der Waals surface area (Å²) in [5.74, 6) is 3.46. The number of halogens is 2. The van der Waals surface area contributed by atoms with Crippen molar-refractivity contribution in [2.45, 2.75) is 57.8 Å². The molecule has 0 bridgehead atoms. The molecule has 28 heavy (non-hydrogen) atoms. The lowest BCUT2D eigenvalue weighted by atomic mass is 9.79. The summed E-state index contributed by atoms with van der Waals surface area (Å²) in [6.07, 6.45) is 11.6. The van der Waals surface area contributed by atoms with E-state index in [-0.39, 0.29) is 12.4 Å². The maximum absolute atomic E-state index is 9.10. The summed E-state index contributed by atoms with van der Waals surface area (Å²) >= 11 is 3.70. The van der Waals surface area contributed by atoms with Crippen molar-refractivity contribution >= 4 is 28.3 Å². The summed E-state index contributed by atoms with van der Waals surface area (Å²) in [5, 5.41) is 9.10. The second-order valence-corrected chi connectivity index (χ2v) is 9.49. The van der Waals surface area contributed by atoms with Crippen LogP contribution in [0.4, 0.5) is 0 Å². The topological polar surface area (TPSA) is 32.7 Å². The number of hydrogen-bond donors (Lipinski definition) is 1. The first-order valence-corrected chi connectivity index (χ1v) is 11.6. The number of aliphatic hydroxyl groups excluding tert-OH is 1. The first kappa shape index (κ1) is 24.0. The van der Waals surface area contributed by atoms with E-state index in [9.17, 15) is 0 Å². The summed E-state index contributed by atoms with van der Waals surface area (Å²) in [4.78, 5) is 2.69. The monoisotopic (exact) mass is 473 g/mol. The Hall–Kier alpha value is -0.290. The van der Waals surface area contributed by atoms with Crippen LogP contribution in [0, 0.1) is 17.8 Å². The molecule has 1 aromatic rings. The quantitative estimate of drug-likeness (QED) is 0.523. The molecular formula is C23H37BrClNO2. The molecule has 1 saturated heterocycles. The van der Waals surface area contributed by atoms with Gasteiger partial charge in [-0.25, -0.2) is 0 Å². The minimum absolute atomic E-state index is 0. The van der Waals surface area contributed by atoms with Gasteiger partial charge >= 0.3 is 0 Å². The predicted molar refractivity (Wildman–Crippen MR) is 123 cm³/mol. The molecule has 1 saturated carbocycles. The molecule has 0 unspecified atom stereocenters. The molecule has 0 radical (unpaired) electrons. The SMILES string of the molecule is COc1ccc(Br)c(CC2CCN(CC[C@H]3CC[C@@H](CCO)CC3)CC2)c1.Cl. The molecule has 0 atom stereocenters. The Bertz CT molecular complexity index is 570. The first-order valence-electron chi connectivity index (χ1n) is 10.8. The summed E-state index contributed by atoms with van der Waals surface area (Å²) < 4.78 is 6.59. The van der Waals surface area contributed by atoms with E-state index in [0.717, 1.165) is 36.3 Å². The van der Waals surface area contributed by atoms with Gasteiger partial charge in [0.05, 0.1) is 7.11 Å². The van der Waals surface area contributed by atoms with Gasteiger partial charge in [0, 0.05) is 11.1 Å². The van der Waals surface area contributed by atoms with Gasteiger partial charge in [-0.1, -0.05) is 41.6 Å². The highest BCUT2D eigenvalue weighted by molar-refractivity contribution is 9.10. The van der Waals surface area contributed by atoms with Crippen LogP contribution in [0.2, 0.25) is 0 Å². The van der Waals surface area contributed by atoms with Crippen LogP contribution >= 0.6 is 28.3 Å². The van der Waals surface area contributed by atoms with Crippen LogP contribution in [-0.2, 0) is 6.42 Å². The van der Waals surface area contributed by atoms with E-state index >= 15 is 0 Å². The number of methoxy groups -OCH3 is 1. The van der Waals surface area contributed by atoms with Crippen LogP contribution in [0.1, 0.15) is 56.9 Å². The third-order valence-corrected chi connectivity index (χ3v) is 7.60. The van der Waals surface area contributed by atoms with Crippen molar-refractivity contribution in [3.8, 4) is 5.75 Å². The standard InChI is InChI=1S/C23H36BrNO2.ClH/c1-27-22-6-7-23(24)21(17-22)16-20-9-13-25(14-10-20)12-8-18-2-4-19(5-3-18)11-15-26;/h6-7,17-20,26H,2-5,8-16H2,1H3;1H/t18-,19+;. The molecule has 160 valence electrons. The maximum atomic E-state index is 9.10. The molecule has 2 aliphatic rings. The fourth-order valence-electron chi connectivity index (χ4n) is 4.92. The third kappa shape index (κ3) is 7.19. The normalized spacial score (nSPS) is 24.0. The number of ether oxygens (including phenoxy) is 1. The fourth-order valence-corrected chi connectivity index (χ4v) is 5.32. The fraction of sp³-hybridized carbons (Fsp3) is 0.739. The van der Waals surface area contributed by atoms with Crippen LogP contribution in [0.5, 0.6) is 5.75 Å². The van der Waals surface area contributed by atoms with Crippen LogP contribution in [-0.4, -0.2) is 43.4 Å². The van der Waals surface area contributed by atoms with E-state index in [1.807, 2.05) is 6.07 Å². The van der Waals surface area contributed by atoms with Gasteiger partial charge in [-0.2, -0.15) is 0 Å². The zero-order valence-corrected chi connectivity index (χ0v) is 19.6. The van der Waals surface area contributed by atoms with E-state index in [2.05, 4.69) is 33.0 Å². The van der Waals surface area contributed by atoms with Crippen LogP contribution in [0.15, 0.2) is 22.7 Å². The van der Waals surface area contributed by atoms with E-state index in [4.69, 9.17) is 9.84 Å². The second-order valence-electron chi connectivity index (χ2n) is 8.63. The van der Waals surface area contributed by atoms with Crippen molar-refractivity contribution in [2.75, 3.05) is 33.4 Å². The van der Waals surface area contributed by atoms with E-state index in [0.29, 0.717) is 6.61 Å².